The summed E-state index contributed by atoms with van der Waals surface area (Å²) in [6.45, 7) is 1.81. The topological polar surface area (TPSA) is 20.2 Å². The predicted molar refractivity (Wildman–Crippen MR) is 60.5 cm³/mol. The van der Waals surface area contributed by atoms with Crippen molar-refractivity contribution in [3.8, 4) is 0 Å². The zero-order chi connectivity index (χ0) is 9.97. The van der Waals surface area contributed by atoms with E-state index in [2.05, 4.69) is 12.1 Å². The number of benzene rings is 1. The Hall–Kier alpha value is -0.470. The minimum absolute atomic E-state index is 0.350. The van der Waals surface area contributed by atoms with Gasteiger partial charge in [-0.1, -0.05) is 12.1 Å². The quantitative estimate of drug-likeness (QED) is 0.766. The average molecular weight is 208 g/mol. The third-order valence-electron chi connectivity index (χ3n) is 2.52. The maximum Gasteiger partial charge on any atom is 0.0762 e. The lowest BCUT2D eigenvalue weighted by molar-refractivity contribution is 0.199. The molecule has 1 unspecified atom stereocenters. The molecular weight excluding hydrogens is 192 g/mol. The van der Waals surface area contributed by atoms with Gasteiger partial charge in [0.1, 0.15) is 0 Å². The number of hydrogen-bond acceptors (Lipinski definition) is 2. The van der Waals surface area contributed by atoms with Gasteiger partial charge in [-0.15, -0.1) is 11.8 Å². The molecule has 76 valence electrons. The van der Waals surface area contributed by atoms with Gasteiger partial charge in [-0.25, -0.2) is 0 Å². The first-order valence-corrected chi connectivity index (χ1v) is 6.15. The van der Waals surface area contributed by atoms with Crippen LogP contribution in [-0.2, 0) is 0 Å². The molecule has 1 saturated carbocycles. The van der Waals surface area contributed by atoms with E-state index in [1.165, 1.54) is 23.5 Å². The van der Waals surface area contributed by atoms with Crippen LogP contribution in [0.2, 0.25) is 0 Å². The van der Waals surface area contributed by atoms with Crippen LogP contribution in [0.25, 0.3) is 0 Å². The second kappa shape index (κ2) is 4.37. The SMILES string of the molecule is CC(O)c1cccc(SCC2CC2)c1. The number of thioether (sulfide) groups is 1. The van der Waals surface area contributed by atoms with Crippen molar-refractivity contribution in [1.29, 1.82) is 0 Å². The average Bonchev–Trinajstić information content (AvgIpc) is 2.99. The molecule has 0 bridgehead atoms. The van der Waals surface area contributed by atoms with Crippen LogP contribution in [0.4, 0.5) is 0 Å². The van der Waals surface area contributed by atoms with Gasteiger partial charge in [0, 0.05) is 10.6 Å². The van der Waals surface area contributed by atoms with Crippen LogP contribution in [0.3, 0.4) is 0 Å². The maximum absolute atomic E-state index is 9.43. The van der Waals surface area contributed by atoms with Crippen LogP contribution in [0.15, 0.2) is 29.2 Å². The Labute approximate surface area is 89.5 Å². The Bertz CT molecular complexity index is 305. The molecule has 2 heteroatoms. The van der Waals surface area contributed by atoms with Gasteiger partial charge in [-0.05, 0) is 43.4 Å². The number of aliphatic hydroxyl groups is 1. The van der Waals surface area contributed by atoms with E-state index < -0.39 is 0 Å². The summed E-state index contributed by atoms with van der Waals surface area (Å²) < 4.78 is 0. The third kappa shape index (κ3) is 2.76. The normalized spacial score (nSPS) is 18.1. The van der Waals surface area contributed by atoms with E-state index in [1.54, 1.807) is 0 Å². The first-order chi connectivity index (χ1) is 6.75. The second-order valence-electron chi connectivity index (χ2n) is 4.00. The van der Waals surface area contributed by atoms with Crippen molar-refractivity contribution in [3.05, 3.63) is 29.8 Å². The highest BCUT2D eigenvalue weighted by atomic mass is 32.2. The number of aliphatic hydroxyl groups excluding tert-OH is 1. The predicted octanol–water partition coefficient (Wildman–Crippen LogP) is 3.24. The second-order valence-corrected chi connectivity index (χ2v) is 5.10. The fraction of sp³-hybridized carbons (Fsp3) is 0.500. The molecule has 0 aromatic heterocycles. The van der Waals surface area contributed by atoms with E-state index in [0.717, 1.165) is 11.5 Å². The largest absolute Gasteiger partial charge is 0.389 e. The molecule has 14 heavy (non-hydrogen) atoms. The molecule has 0 radical (unpaired) electrons. The van der Waals surface area contributed by atoms with Crippen molar-refractivity contribution in [1.82, 2.24) is 0 Å². The lowest BCUT2D eigenvalue weighted by Gasteiger charge is -2.06. The van der Waals surface area contributed by atoms with Crippen molar-refractivity contribution in [2.75, 3.05) is 5.75 Å². The van der Waals surface area contributed by atoms with E-state index >= 15 is 0 Å². The van der Waals surface area contributed by atoms with Crippen LogP contribution in [0.5, 0.6) is 0 Å². The molecule has 2 rings (SSSR count). The van der Waals surface area contributed by atoms with Gasteiger partial charge in [-0.3, -0.25) is 0 Å². The van der Waals surface area contributed by atoms with Gasteiger partial charge in [0.05, 0.1) is 6.10 Å². The van der Waals surface area contributed by atoms with Gasteiger partial charge in [-0.2, -0.15) is 0 Å². The van der Waals surface area contributed by atoms with Crippen molar-refractivity contribution >= 4 is 11.8 Å². The first-order valence-electron chi connectivity index (χ1n) is 5.16. The molecule has 0 amide bonds. The van der Waals surface area contributed by atoms with Crippen molar-refractivity contribution in [3.63, 3.8) is 0 Å². The number of hydrogen-bond donors (Lipinski definition) is 1. The van der Waals surface area contributed by atoms with Crippen LogP contribution in [0, 0.1) is 5.92 Å². The van der Waals surface area contributed by atoms with Gasteiger partial charge in [0.2, 0.25) is 0 Å². The smallest absolute Gasteiger partial charge is 0.0762 e. The summed E-state index contributed by atoms with van der Waals surface area (Å²) in [5, 5.41) is 9.43. The minimum Gasteiger partial charge on any atom is -0.389 e. The zero-order valence-corrected chi connectivity index (χ0v) is 9.26. The Morgan fingerprint density at radius 3 is 2.93 bits per heavy atom. The van der Waals surface area contributed by atoms with E-state index in [-0.39, 0.29) is 6.10 Å². The minimum atomic E-state index is -0.350. The van der Waals surface area contributed by atoms with Crippen LogP contribution in [0.1, 0.15) is 31.4 Å². The van der Waals surface area contributed by atoms with E-state index in [1.807, 2.05) is 30.8 Å². The molecule has 0 spiro atoms. The molecule has 1 nitrogen and oxygen atoms in total. The molecule has 0 saturated heterocycles. The Balaban J connectivity index is 1.97. The summed E-state index contributed by atoms with van der Waals surface area (Å²) in [5.41, 5.74) is 1.02. The molecule has 1 aromatic carbocycles. The van der Waals surface area contributed by atoms with Crippen molar-refractivity contribution in [2.45, 2.75) is 30.8 Å². The van der Waals surface area contributed by atoms with Gasteiger partial charge < -0.3 is 5.11 Å². The summed E-state index contributed by atoms with van der Waals surface area (Å²) in [5.74, 6) is 2.19. The molecule has 0 aliphatic heterocycles. The Morgan fingerprint density at radius 1 is 1.50 bits per heavy atom. The zero-order valence-electron chi connectivity index (χ0n) is 8.44. The Kier molecular flexibility index (Phi) is 3.14. The van der Waals surface area contributed by atoms with E-state index in [9.17, 15) is 5.11 Å². The van der Waals surface area contributed by atoms with Crippen molar-refractivity contribution < 1.29 is 5.11 Å². The van der Waals surface area contributed by atoms with Crippen molar-refractivity contribution in [2.24, 2.45) is 5.92 Å². The fourth-order valence-electron chi connectivity index (χ4n) is 1.36. The van der Waals surface area contributed by atoms with Gasteiger partial charge in [0.15, 0.2) is 0 Å². The summed E-state index contributed by atoms with van der Waals surface area (Å²) in [6.07, 6.45) is 2.46. The summed E-state index contributed by atoms with van der Waals surface area (Å²) in [6, 6.07) is 8.22. The monoisotopic (exact) mass is 208 g/mol. The highest BCUT2D eigenvalue weighted by Crippen LogP contribution is 2.35. The highest BCUT2D eigenvalue weighted by Gasteiger charge is 2.21. The highest BCUT2D eigenvalue weighted by molar-refractivity contribution is 7.99. The lowest BCUT2D eigenvalue weighted by Crippen LogP contribution is -1.90. The van der Waals surface area contributed by atoms with Gasteiger partial charge >= 0.3 is 0 Å². The molecular formula is C12H16OS. The standard InChI is InChI=1S/C12H16OS/c1-9(13)11-3-2-4-12(7-11)14-8-10-5-6-10/h2-4,7,9-10,13H,5-6,8H2,1H3. The maximum atomic E-state index is 9.43. The number of rotatable bonds is 4. The summed E-state index contributed by atoms with van der Waals surface area (Å²) in [7, 11) is 0. The van der Waals surface area contributed by atoms with Crippen LogP contribution < -0.4 is 0 Å². The lowest BCUT2D eigenvalue weighted by atomic mass is 10.1. The molecule has 1 aromatic rings. The molecule has 0 heterocycles. The van der Waals surface area contributed by atoms with Crippen LogP contribution >= 0.6 is 11.8 Å². The molecule has 1 aliphatic rings. The first kappa shape index (κ1) is 10.1. The van der Waals surface area contributed by atoms with Crippen LogP contribution in [-0.4, -0.2) is 10.9 Å². The summed E-state index contributed by atoms with van der Waals surface area (Å²) >= 11 is 1.91. The molecule has 1 aliphatic carbocycles. The molecule has 1 atom stereocenters. The summed E-state index contributed by atoms with van der Waals surface area (Å²) in [4.78, 5) is 1.29. The van der Waals surface area contributed by atoms with E-state index in [4.69, 9.17) is 0 Å². The fourth-order valence-corrected chi connectivity index (χ4v) is 2.52. The third-order valence-corrected chi connectivity index (χ3v) is 3.75. The van der Waals surface area contributed by atoms with E-state index in [0.29, 0.717) is 0 Å². The Morgan fingerprint density at radius 2 is 2.29 bits per heavy atom. The molecule has 1 fully saturated rings. The molecule has 1 N–H and O–H groups in total. The van der Waals surface area contributed by atoms with Gasteiger partial charge in [0.25, 0.3) is 0 Å².